The van der Waals surface area contributed by atoms with Crippen LogP contribution in [0.25, 0.3) is 22.1 Å². The van der Waals surface area contributed by atoms with Gasteiger partial charge in [-0.25, -0.2) is 13.8 Å². The van der Waals surface area contributed by atoms with Crippen LogP contribution in [0.4, 0.5) is 8.78 Å². The normalized spacial score (nSPS) is 15.2. The molecule has 1 aliphatic rings. The Balaban J connectivity index is 1.52. The zero-order chi connectivity index (χ0) is 23.7. The summed E-state index contributed by atoms with van der Waals surface area (Å²) in [5.74, 6) is -0.657. The van der Waals surface area contributed by atoms with Crippen molar-refractivity contribution < 1.29 is 18.3 Å². The molecule has 0 saturated carbocycles. The molecule has 4 aromatic rings. The van der Waals surface area contributed by atoms with Crippen LogP contribution in [-0.4, -0.2) is 62.1 Å². The average molecular weight is 484 g/mol. The minimum atomic E-state index is -0.379. The summed E-state index contributed by atoms with van der Waals surface area (Å²) in [7, 11) is 0. The lowest BCUT2D eigenvalue weighted by molar-refractivity contribution is -0.134. The monoisotopic (exact) mass is 483 g/mol. The number of hydrogen-bond acceptors (Lipinski definition) is 6. The van der Waals surface area contributed by atoms with Crippen LogP contribution >= 0.6 is 11.8 Å². The molecule has 1 unspecified atom stereocenters. The summed E-state index contributed by atoms with van der Waals surface area (Å²) in [6, 6.07) is 10.7. The fraction of sp³-hybridized carbons (Fsp3) is 0.333. The van der Waals surface area contributed by atoms with Crippen LogP contribution in [-0.2, 0) is 16.1 Å². The molecule has 0 radical (unpaired) electrons. The van der Waals surface area contributed by atoms with Gasteiger partial charge in [0.25, 0.3) is 0 Å². The van der Waals surface area contributed by atoms with E-state index >= 15 is 0 Å². The molecule has 1 aliphatic heterocycles. The van der Waals surface area contributed by atoms with Gasteiger partial charge in [-0.2, -0.15) is 0 Å². The Kier molecular flexibility index (Phi) is 6.42. The van der Waals surface area contributed by atoms with Gasteiger partial charge in [0.05, 0.1) is 24.0 Å². The first-order valence-corrected chi connectivity index (χ1v) is 12.0. The van der Waals surface area contributed by atoms with Crippen LogP contribution in [0.1, 0.15) is 18.9 Å². The predicted molar refractivity (Wildman–Crippen MR) is 126 cm³/mol. The molecule has 176 valence electrons. The number of aromatic nitrogens is 4. The molecular formula is C24H23F2N5O2S. The van der Waals surface area contributed by atoms with E-state index in [1.165, 1.54) is 36.0 Å². The Hall–Kier alpha value is -3.11. The number of amides is 1. The van der Waals surface area contributed by atoms with Gasteiger partial charge in [0.2, 0.25) is 11.1 Å². The molecule has 10 heteroatoms. The number of carbonyl (C=O) groups is 1. The fourth-order valence-corrected chi connectivity index (χ4v) is 5.02. The Morgan fingerprint density at radius 3 is 2.56 bits per heavy atom. The van der Waals surface area contributed by atoms with E-state index in [1.807, 2.05) is 16.4 Å². The van der Waals surface area contributed by atoms with Crippen molar-refractivity contribution in [1.82, 2.24) is 24.6 Å². The van der Waals surface area contributed by atoms with E-state index in [-0.39, 0.29) is 22.8 Å². The van der Waals surface area contributed by atoms with Crippen molar-refractivity contribution in [3.63, 3.8) is 0 Å². The maximum Gasteiger partial charge on any atom is 0.236 e. The van der Waals surface area contributed by atoms with Gasteiger partial charge in [0, 0.05) is 25.0 Å². The summed E-state index contributed by atoms with van der Waals surface area (Å²) in [6.45, 7) is 4.58. The van der Waals surface area contributed by atoms with Crippen molar-refractivity contribution in [1.29, 1.82) is 0 Å². The second-order valence-corrected chi connectivity index (χ2v) is 9.26. The lowest BCUT2D eigenvalue weighted by Gasteiger charge is -2.29. The highest BCUT2D eigenvalue weighted by Crippen LogP contribution is 2.30. The topological polar surface area (TPSA) is 73.1 Å². The van der Waals surface area contributed by atoms with Gasteiger partial charge in [-0.15, -0.1) is 10.2 Å². The first kappa shape index (κ1) is 22.7. The molecule has 2 aromatic carbocycles. The lowest BCUT2D eigenvalue weighted by Crippen LogP contribution is -2.44. The first-order valence-electron chi connectivity index (χ1n) is 11.1. The molecule has 0 N–H and O–H groups in total. The van der Waals surface area contributed by atoms with Crippen LogP contribution in [0.3, 0.4) is 0 Å². The van der Waals surface area contributed by atoms with E-state index in [0.29, 0.717) is 61.0 Å². The quantitative estimate of drug-likeness (QED) is 0.386. The van der Waals surface area contributed by atoms with Crippen LogP contribution in [0, 0.1) is 11.6 Å². The average Bonchev–Trinajstić information content (AvgIpc) is 3.16. The molecule has 0 aliphatic carbocycles. The van der Waals surface area contributed by atoms with Crippen molar-refractivity contribution in [3.8, 4) is 0 Å². The van der Waals surface area contributed by atoms with Crippen molar-refractivity contribution >= 4 is 39.7 Å². The highest BCUT2D eigenvalue weighted by atomic mass is 32.2. The van der Waals surface area contributed by atoms with E-state index in [9.17, 15) is 13.6 Å². The van der Waals surface area contributed by atoms with Gasteiger partial charge in [-0.05, 0) is 42.3 Å². The molecule has 1 fully saturated rings. The number of morpholine rings is 1. The van der Waals surface area contributed by atoms with E-state index in [0.717, 1.165) is 11.1 Å². The van der Waals surface area contributed by atoms with E-state index < -0.39 is 0 Å². The molecule has 1 saturated heterocycles. The Bertz CT molecular complexity index is 1340. The molecule has 3 heterocycles. The highest BCUT2D eigenvalue weighted by Gasteiger charge is 2.27. The SMILES string of the molecule is CCC(Sc1nnc2c3cc(F)ccc3n(Cc3ccc(F)cc3)c2n1)C(=O)N1CCOCC1. The van der Waals surface area contributed by atoms with Gasteiger partial charge >= 0.3 is 0 Å². The minimum Gasteiger partial charge on any atom is -0.378 e. The number of benzene rings is 2. The Labute approximate surface area is 199 Å². The predicted octanol–water partition coefficient (Wildman–Crippen LogP) is 4.04. The lowest BCUT2D eigenvalue weighted by atomic mass is 10.2. The third kappa shape index (κ3) is 4.47. The molecule has 7 nitrogen and oxygen atoms in total. The van der Waals surface area contributed by atoms with Crippen LogP contribution in [0.5, 0.6) is 0 Å². The van der Waals surface area contributed by atoms with E-state index in [4.69, 9.17) is 9.72 Å². The largest absolute Gasteiger partial charge is 0.378 e. The van der Waals surface area contributed by atoms with Gasteiger partial charge < -0.3 is 14.2 Å². The fourth-order valence-electron chi connectivity index (χ4n) is 4.12. The summed E-state index contributed by atoms with van der Waals surface area (Å²) in [4.78, 5) is 19.5. The Morgan fingerprint density at radius 2 is 1.82 bits per heavy atom. The molecule has 5 rings (SSSR count). The van der Waals surface area contributed by atoms with Crippen molar-refractivity contribution in [2.24, 2.45) is 0 Å². The molecule has 0 bridgehead atoms. The van der Waals surface area contributed by atoms with Gasteiger partial charge in [-0.1, -0.05) is 30.8 Å². The van der Waals surface area contributed by atoms with Gasteiger partial charge in [0.1, 0.15) is 17.2 Å². The highest BCUT2D eigenvalue weighted by molar-refractivity contribution is 8.00. The molecule has 1 atom stereocenters. The summed E-state index contributed by atoms with van der Waals surface area (Å²) < 4.78 is 34.7. The maximum atomic E-state index is 14.0. The number of rotatable bonds is 6. The number of fused-ring (bicyclic) bond motifs is 3. The third-order valence-corrected chi connectivity index (χ3v) is 7.08. The van der Waals surface area contributed by atoms with Gasteiger partial charge in [-0.3, -0.25) is 4.79 Å². The number of nitrogens with zero attached hydrogens (tertiary/aromatic N) is 5. The van der Waals surface area contributed by atoms with Crippen LogP contribution in [0.2, 0.25) is 0 Å². The summed E-state index contributed by atoms with van der Waals surface area (Å²) >= 11 is 1.28. The smallest absolute Gasteiger partial charge is 0.236 e. The Morgan fingerprint density at radius 1 is 1.09 bits per heavy atom. The zero-order valence-electron chi connectivity index (χ0n) is 18.6. The van der Waals surface area contributed by atoms with Crippen LogP contribution < -0.4 is 0 Å². The summed E-state index contributed by atoms with van der Waals surface area (Å²) in [5, 5.41) is 9.25. The van der Waals surface area contributed by atoms with Crippen molar-refractivity contribution in [3.05, 3.63) is 59.7 Å². The maximum absolute atomic E-state index is 14.0. The molecular weight excluding hydrogens is 460 g/mol. The van der Waals surface area contributed by atoms with E-state index in [2.05, 4.69) is 10.2 Å². The number of hydrogen-bond donors (Lipinski definition) is 0. The number of ether oxygens (including phenoxy) is 1. The third-order valence-electron chi connectivity index (χ3n) is 5.88. The molecule has 0 spiro atoms. The molecule has 34 heavy (non-hydrogen) atoms. The minimum absolute atomic E-state index is 0.0356. The zero-order valence-corrected chi connectivity index (χ0v) is 19.4. The van der Waals surface area contributed by atoms with Crippen molar-refractivity contribution in [2.45, 2.75) is 30.3 Å². The summed E-state index contributed by atoms with van der Waals surface area (Å²) in [5.41, 5.74) is 2.64. The second-order valence-electron chi connectivity index (χ2n) is 8.09. The summed E-state index contributed by atoms with van der Waals surface area (Å²) in [6.07, 6.45) is 0.617. The molecule has 1 amide bonds. The van der Waals surface area contributed by atoms with Crippen LogP contribution in [0.15, 0.2) is 47.6 Å². The second kappa shape index (κ2) is 9.63. The van der Waals surface area contributed by atoms with E-state index in [1.54, 1.807) is 18.2 Å². The first-order chi connectivity index (χ1) is 16.5. The number of thioether (sulfide) groups is 1. The standard InChI is InChI=1S/C24H23F2N5O2S/c1-2-20(23(32)30-9-11-33-12-10-30)34-24-27-22-21(28-29-24)18-13-17(26)7-8-19(18)31(22)14-15-3-5-16(25)6-4-15/h3-8,13,20H,2,9-12,14H2,1H3. The number of halogens is 2. The van der Waals surface area contributed by atoms with Crippen molar-refractivity contribution in [2.75, 3.05) is 26.3 Å². The number of carbonyl (C=O) groups excluding carboxylic acids is 1. The van der Waals surface area contributed by atoms with Gasteiger partial charge in [0.15, 0.2) is 5.65 Å². The molecule has 2 aromatic heterocycles.